The molecule has 0 bridgehead atoms. The summed E-state index contributed by atoms with van der Waals surface area (Å²) in [6.07, 6.45) is 4.12. The Balaban J connectivity index is 1.67. The van der Waals surface area contributed by atoms with Gasteiger partial charge >= 0.3 is 0 Å². The van der Waals surface area contributed by atoms with Crippen LogP contribution < -0.4 is 0 Å². The van der Waals surface area contributed by atoms with Crippen LogP contribution in [-0.4, -0.2) is 51.4 Å². The van der Waals surface area contributed by atoms with Gasteiger partial charge < -0.3 is 19.2 Å². The van der Waals surface area contributed by atoms with E-state index in [1.165, 1.54) is 0 Å². The second kappa shape index (κ2) is 7.33. The molecule has 1 aliphatic heterocycles. The quantitative estimate of drug-likeness (QED) is 0.749. The van der Waals surface area contributed by atoms with Crippen molar-refractivity contribution in [1.29, 1.82) is 0 Å². The van der Waals surface area contributed by atoms with Crippen LogP contribution in [0.1, 0.15) is 31.5 Å². The third kappa shape index (κ3) is 4.37. The first kappa shape index (κ1) is 15.7. The van der Waals surface area contributed by atoms with Crippen LogP contribution in [0.4, 0.5) is 0 Å². The van der Waals surface area contributed by atoms with Gasteiger partial charge in [-0.05, 0) is 6.42 Å². The molecule has 1 aromatic rings. The predicted octanol–water partition coefficient (Wildman–Crippen LogP) is 0.823. The maximum absolute atomic E-state index is 11.9. The van der Waals surface area contributed by atoms with Crippen molar-refractivity contribution in [1.82, 2.24) is 15.1 Å². The summed E-state index contributed by atoms with van der Waals surface area (Å²) >= 11 is 0. The van der Waals surface area contributed by atoms with E-state index in [2.05, 4.69) is 10.2 Å². The van der Waals surface area contributed by atoms with Crippen LogP contribution in [0.3, 0.4) is 0 Å². The molecule has 0 aromatic carbocycles. The molecule has 1 N–H and O–H groups in total. The SMILES string of the molecule is CCCC=CC(O)C(=O)N1CC(OCc2nnc(C)o2)C1. The van der Waals surface area contributed by atoms with Crippen LogP contribution in [0.5, 0.6) is 0 Å². The van der Waals surface area contributed by atoms with E-state index < -0.39 is 6.10 Å². The fourth-order valence-corrected chi connectivity index (χ4v) is 1.97. The number of aliphatic hydroxyl groups excluding tert-OH is 1. The first-order valence-electron chi connectivity index (χ1n) is 7.14. The summed E-state index contributed by atoms with van der Waals surface area (Å²) in [5, 5.41) is 17.3. The Kier molecular flexibility index (Phi) is 5.46. The molecule has 0 saturated carbocycles. The summed E-state index contributed by atoms with van der Waals surface area (Å²) in [5.41, 5.74) is 0. The highest BCUT2D eigenvalue weighted by atomic mass is 16.5. The molecular weight excluding hydrogens is 274 g/mol. The van der Waals surface area contributed by atoms with Crippen molar-refractivity contribution in [2.45, 2.75) is 45.5 Å². The van der Waals surface area contributed by atoms with Gasteiger partial charge in [-0.25, -0.2) is 0 Å². The number of carbonyl (C=O) groups is 1. The lowest BCUT2D eigenvalue weighted by Crippen LogP contribution is -2.57. The summed E-state index contributed by atoms with van der Waals surface area (Å²) in [5.74, 6) is 0.650. The molecule has 21 heavy (non-hydrogen) atoms. The number of rotatable bonds is 7. The average Bonchev–Trinajstić information content (AvgIpc) is 2.82. The smallest absolute Gasteiger partial charge is 0.255 e. The number of carbonyl (C=O) groups excluding carboxylic acids is 1. The lowest BCUT2D eigenvalue weighted by molar-refractivity contribution is -0.152. The van der Waals surface area contributed by atoms with Crippen molar-refractivity contribution in [2.75, 3.05) is 13.1 Å². The maximum atomic E-state index is 11.9. The van der Waals surface area contributed by atoms with Gasteiger partial charge in [0, 0.05) is 20.0 Å². The third-order valence-corrected chi connectivity index (χ3v) is 3.20. The van der Waals surface area contributed by atoms with Crippen molar-refractivity contribution in [3.8, 4) is 0 Å². The number of likely N-dealkylation sites (tertiary alicyclic amines) is 1. The second-order valence-corrected chi connectivity index (χ2v) is 5.05. The van der Waals surface area contributed by atoms with E-state index in [-0.39, 0.29) is 18.6 Å². The molecule has 116 valence electrons. The Morgan fingerprint density at radius 3 is 2.95 bits per heavy atom. The van der Waals surface area contributed by atoms with Crippen molar-refractivity contribution < 1.29 is 19.1 Å². The number of allylic oxidation sites excluding steroid dienone is 1. The van der Waals surface area contributed by atoms with Crippen LogP contribution >= 0.6 is 0 Å². The topological polar surface area (TPSA) is 88.7 Å². The molecule has 2 rings (SSSR count). The highest BCUT2D eigenvalue weighted by Gasteiger charge is 2.33. The summed E-state index contributed by atoms with van der Waals surface area (Å²) in [7, 11) is 0. The molecule has 1 aliphatic rings. The number of hydrogen-bond acceptors (Lipinski definition) is 6. The molecule has 1 amide bonds. The van der Waals surface area contributed by atoms with Crippen molar-refractivity contribution in [2.24, 2.45) is 0 Å². The number of nitrogens with zero attached hydrogens (tertiary/aromatic N) is 3. The largest absolute Gasteiger partial charge is 0.423 e. The van der Waals surface area contributed by atoms with E-state index >= 15 is 0 Å². The van der Waals surface area contributed by atoms with Gasteiger partial charge in [-0.15, -0.1) is 10.2 Å². The zero-order chi connectivity index (χ0) is 15.2. The van der Waals surface area contributed by atoms with Crippen LogP contribution in [-0.2, 0) is 16.1 Å². The molecule has 1 fully saturated rings. The first-order chi connectivity index (χ1) is 10.1. The zero-order valence-corrected chi connectivity index (χ0v) is 12.4. The summed E-state index contributed by atoms with van der Waals surface area (Å²) < 4.78 is 10.7. The minimum atomic E-state index is -1.06. The van der Waals surface area contributed by atoms with Gasteiger partial charge in [0.15, 0.2) is 6.10 Å². The number of aryl methyl sites for hydroxylation is 1. The Morgan fingerprint density at radius 2 is 2.33 bits per heavy atom. The van der Waals surface area contributed by atoms with Gasteiger partial charge in [-0.2, -0.15) is 0 Å². The lowest BCUT2D eigenvalue weighted by Gasteiger charge is -2.39. The molecule has 1 saturated heterocycles. The number of aromatic nitrogens is 2. The lowest BCUT2D eigenvalue weighted by atomic mass is 10.1. The van der Waals surface area contributed by atoms with Crippen molar-refractivity contribution >= 4 is 5.91 Å². The molecular formula is C14H21N3O4. The highest BCUT2D eigenvalue weighted by molar-refractivity contribution is 5.83. The van der Waals surface area contributed by atoms with E-state index in [1.807, 2.05) is 13.0 Å². The first-order valence-corrected chi connectivity index (χ1v) is 7.14. The average molecular weight is 295 g/mol. The minimum Gasteiger partial charge on any atom is -0.423 e. The number of amides is 1. The molecule has 7 heteroatoms. The summed E-state index contributed by atoms with van der Waals surface area (Å²) in [4.78, 5) is 13.4. The normalized spacial score (nSPS) is 17.2. The molecule has 1 unspecified atom stereocenters. The van der Waals surface area contributed by atoms with Gasteiger partial charge in [0.2, 0.25) is 11.8 Å². The fourth-order valence-electron chi connectivity index (χ4n) is 1.97. The van der Waals surface area contributed by atoms with Crippen LogP contribution in [0.25, 0.3) is 0 Å². The Bertz CT molecular complexity index is 494. The standard InChI is InChI=1S/C14H21N3O4/c1-3-4-5-6-12(18)14(19)17-7-11(8-17)20-9-13-16-15-10(2)21-13/h5-6,11-12,18H,3-4,7-9H2,1-2H3. The number of unbranched alkanes of at least 4 members (excludes halogenated alkanes) is 1. The Morgan fingerprint density at radius 1 is 1.57 bits per heavy atom. The van der Waals surface area contributed by atoms with Gasteiger partial charge in [0.05, 0.1) is 6.10 Å². The van der Waals surface area contributed by atoms with E-state index in [0.29, 0.717) is 24.9 Å². The van der Waals surface area contributed by atoms with Gasteiger partial charge in [-0.3, -0.25) is 4.79 Å². The maximum Gasteiger partial charge on any atom is 0.255 e. The second-order valence-electron chi connectivity index (χ2n) is 5.05. The summed E-state index contributed by atoms with van der Waals surface area (Å²) in [6, 6.07) is 0. The fraction of sp³-hybridized carbons (Fsp3) is 0.643. The Labute approximate surface area is 123 Å². The highest BCUT2D eigenvalue weighted by Crippen LogP contribution is 2.15. The van der Waals surface area contributed by atoms with Crippen molar-refractivity contribution in [3.05, 3.63) is 23.9 Å². The monoisotopic (exact) mass is 295 g/mol. The van der Waals surface area contributed by atoms with E-state index in [4.69, 9.17) is 9.15 Å². The van der Waals surface area contributed by atoms with Crippen LogP contribution in [0, 0.1) is 6.92 Å². The predicted molar refractivity (Wildman–Crippen MR) is 74.2 cm³/mol. The van der Waals surface area contributed by atoms with Gasteiger partial charge in [0.25, 0.3) is 5.91 Å². The number of hydrogen-bond donors (Lipinski definition) is 1. The molecule has 7 nitrogen and oxygen atoms in total. The van der Waals surface area contributed by atoms with Gasteiger partial charge in [-0.1, -0.05) is 25.5 Å². The molecule has 0 aliphatic carbocycles. The number of aliphatic hydroxyl groups is 1. The Hall–Kier alpha value is -1.73. The van der Waals surface area contributed by atoms with E-state index in [9.17, 15) is 9.90 Å². The molecule has 0 radical (unpaired) electrons. The van der Waals surface area contributed by atoms with Crippen molar-refractivity contribution in [3.63, 3.8) is 0 Å². The third-order valence-electron chi connectivity index (χ3n) is 3.20. The van der Waals surface area contributed by atoms with E-state index in [1.54, 1.807) is 17.9 Å². The van der Waals surface area contributed by atoms with Gasteiger partial charge in [0.1, 0.15) is 6.61 Å². The van der Waals surface area contributed by atoms with Crippen LogP contribution in [0.15, 0.2) is 16.6 Å². The molecule has 1 atom stereocenters. The number of ether oxygens (including phenoxy) is 1. The molecule has 0 spiro atoms. The van der Waals surface area contributed by atoms with E-state index in [0.717, 1.165) is 12.8 Å². The zero-order valence-electron chi connectivity index (χ0n) is 12.4. The minimum absolute atomic E-state index is 0.0482. The molecule has 1 aromatic heterocycles. The summed E-state index contributed by atoms with van der Waals surface area (Å²) in [6.45, 7) is 4.95. The molecule has 2 heterocycles. The van der Waals surface area contributed by atoms with Crippen LogP contribution in [0.2, 0.25) is 0 Å².